The van der Waals surface area contributed by atoms with E-state index in [1.165, 1.54) is 0 Å². The summed E-state index contributed by atoms with van der Waals surface area (Å²) in [5.74, 6) is 0.669. The van der Waals surface area contributed by atoms with Crippen molar-refractivity contribution in [3.8, 4) is 5.82 Å². The van der Waals surface area contributed by atoms with Crippen LogP contribution < -0.4 is 0 Å². The van der Waals surface area contributed by atoms with Crippen LogP contribution in [0, 0.1) is 0 Å². The zero-order valence-corrected chi connectivity index (χ0v) is 6.92. The van der Waals surface area contributed by atoms with Crippen molar-refractivity contribution < 1.29 is 4.79 Å². The second kappa shape index (κ2) is 3.23. The van der Waals surface area contributed by atoms with Gasteiger partial charge in [-0.15, -0.1) is 0 Å². The minimum absolute atomic E-state index is 0.596. The second-order valence-corrected chi connectivity index (χ2v) is 2.62. The Balaban J connectivity index is 2.57. The zero-order valence-electron chi connectivity index (χ0n) is 6.92. The third-order valence-corrected chi connectivity index (χ3v) is 1.79. The van der Waals surface area contributed by atoms with Crippen LogP contribution in [0.4, 0.5) is 0 Å². The minimum Gasteiger partial charge on any atom is -0.308 e. The quantitative estimate of drug-likeness (QED) is 0.646. The summed E-state index contributed by atoms with van der Waals surface area (Å²) in [6.45, 7) is 0. The molecule has 0 bridgehead atoms. The lowest BCUT2D eigenvalue weighted by atomic mass is 10.3. The van der Waals surface area contributed by atoms with Crippen LogP contribution >= 0.6 is 0 Å². The first-order valence-electron chi connectivity index (χ1n) is 3.95. The first-order chi connectivity index (χ1) is 6.42. The van der Waals surface area contributed by atoms with Crippen LogP contribution in [0.2, 0.25) is 0 Å². The van der Waals surface area contributed by atoms with Gasteiger partial charge in [0.05, 0.1) is 5.56 Å². The Morgan fingerprint density at radius 3 is 2.69 bits per heavy atom. The zero-order chi connectivity index (χ0) is 9.10. The van der Waals surface area contributed by atoms with Gasteiger partial charge in [0.2, 0.25) is 0 Å². The van der Waals surface area contributed by atoms with Gasteiger partial charge in [-0.25, -0.2) is 4.98 Å². The Labute approximate surface area is 75.7 Å². The molecule has 0 radical (unpaired) electrons. The fourth-order valence-corrected chi connectivity index (χ4v) is 1.19. The highest BCUT2D eigenvalue weighted by atomic mass is 16.1. The minimum atomic E-state index is 0.596. The van der Waals surface area contributed by atoms with Crippen molar-refractivity contribution in [2.45, 2.75) is 0 Å². The molecule has 0 N–H and O–H groups in total. The van der Waals surface area contributed by atoms with E-state index >= 15 is 0 Å². The van der Waals surface area contributed by atoms with E-state index in [-0.39, 0.29) is 0 Å². The monoisotopic (exact) mass is 172 g/mol. The van der Waals surface area contributed by atoms with E-state index in [0.29, 0.717) is 11.4 Å². The van der Waals surface area contributed by atoms with Crippen molar-refractivity contribution in [3.05, 3.63) is 48.4 Å². The van der Waals surface area contributed by atoms with Crippen LogP contribution in [0.5, 0.6) is 0 Å². The summed E-state index contributed by atoms with van der Waals surface area (Å²) in [4.78, 5) is 14.8. The molecule has 2 aromatic rings. The average Bonchev–Trinajstić information content (AvgIpc) is 2.70. The lowest BCUT2D eigenvalue weighted by Crippen LogP contribution is -1.98. The standard InChI is InChI=1S/C10H8N2O/c13-8-9-4-3-5-11-10(9)12-6-1-2-7-12/h1-8H. The second-order valence-electron chi connectivity index (χ2n) is 2.62. The molecule has 2 rings (SSSR count). The molecule has 13 heavy (non-hydrogen) atoms. The van der Waals surface area contributed by atoms with Gasteiger partial charge in [0, 0.05) is 18.6 Å². The number of carbonyl (C=O) groups is 1. The van der Waals surface area contributed by atoms with Crippen LogP contribution in [0.15, 0.2) is 42.9 Å². The van der Waals surface area contributed by atoms with Gasteiger partial charge in [0.25, 0.3) is 0 Å². The number of carbonyl (C=O) groups excluding carboxylic acids is 1. The van der Waals surface area contributed by atoms with Crippen molar-refractivity contribution >= 4 is 6.29 Å². The highest BCUT2D eigenvalue weighted by molar-refractivity contribution is 5.79. The summed E-state index contributed by atoms with van der Waals surface area (Å²) in [7, 11) is 0. The summed E-state index contributed by atoms with van der Waals surface area (Å²) in [5, 5.41) is 0. The number of aldehydes is 1. The molecule has 0 saturated carbocycles. The number of nitrogens with zero attached hydrogens (tertiary/aromatic N) is 2. The molecule has 0 aliphatic rings. The van der Waals surface area contributed by atoms with Gasteiger partial charge in [-0.2, -0.15) is 0 Å². The lowest BCUT2D eigenvalue weighted by molar-refractivity contribution is 0.112. The third kappa shape index (κ3) is 1.36. The van der Waals surface area contributed by atoms with Gasteiger partial charge in [-0.1, -0.05) is 0 Å². The Bertz CT molecular complexity index is 407. The van der Waals surface area contributed by atoms with Crippen LogP contribution in [0.3, 0.4) is 0 Å². The SMILES string of the molecule is O=Cc1cccnc1-n1cccc1. The van der Waals surface area contributed by atoms with E-state index in [4.69, 9.17) is 0 Å². The maximum absolute atomic E-state index is 10.7. The normalized spacial score (nSPS) is 9.85. The number of pyridine rings is 1. The van der Waals surface area contributed by atoms with Crippen LogP contribution in [-0.2, 0) is 0 Å². The molecule has 64 valence electrons. The van der Waals surface area contributed by atoms with E-state index in [2.05, 4.69) is 4.98 Å². The van der Waals surface area contributed by atoms with Crippen molar-refractivity contribution in [1.29, 1.82) is 0 Å². The summed E-state index contributed by atoms with van der Waals surface area (Å²) in [5.41, 5.74) is 0.596. The molecule has 0 spiro atoms. The Hall–Kier alpha value is -1.90. The molecule has 0 amide bonds. The molecule has 0 aliphatic carbocycles. The van der Waals surface area contributed by atoms with E-state index in [9.17, 15) is 4.79 Å². The van der Waals surface area contributed by atoms with Gasteiger partial charge in [-0.05, 0) is 24.3 Å². The third-order valence-electron chi connectivity index (χ3n) is 1.79. The topological polar surface area (TPSA) is 34.9 Å². The van der Waals surface area contributed by atoms with E-state index < -0.39 is 0 Å². The molecule has 2 heterocycles. The first kappa shape index (κ1) is 7.73. The highest BCUT2D eigenvalue weighted by Gasteiger charge is 2.01. The van der Waals surface area contributed by atoms with Crippen molar-refractivity contribution in [2.75, 3.05) is 0 Å². The number of rotatable bonds is 2. The van der Waals surface area contributed by atoms with Crippen LogP contribution in [0.25, 0.3) is 5.82 Å². The van der Waals surface area contributed by atoms with Gasteiger partial charge in [0.15, 0.2) is 6.29 Å². The number of aromatic nitrogens is 2. The fraction of sp³-hybridized carbons (Fsp3) is 0. The van der Waals surface area contributed by atoms with E-state index in [1.807, 2.05) is 29.1 Å². The molecule has 3 heteroatoms. The summed E-state index contributed by atoms with van der Waals surface area (Å²) >= 11 is 0. The lowest BCUT2D eigenvalue weighted by Gasteiger charge is -2.02. The Morgan fingerprint density at radius 2 is 2.00 bits per heavy atom. The van der Waals surface area contributed by atoms with Gasteiger partial charge >= 0.3 is 0 Å². The Morgan fingerprint density at radius 1 is 1.23 bits per heavy atom. The molecule has 0 fully saturated rings. The van der Waals surface area contributed by atoms with Crippen molar-refractivity contribution in [1.82, 2.24) is 9.55 Å². The molecule has 3 nitrogen and oxygen atoms in total. The molecule has 0 aromatic carbocycles. The summed E-state index contributed by atoms with van der Waals surface area (Å²) in [6.07, 6.45) is 6.19. The van der Waals surface area contributed by atoms with Crippen LogP contribution in [-0.4, -0.2) is 15.8 Å². The smallest absolute Gasteiger partial charge is 0.153 e. The van der Waals surface area contributed by atoms with Gasteiger partial charge < -0.3 is 4.57 Å². The summed E-state index contributed by atoms with van der Waals surface area (Å²) in [6, 6.07) is 7.28. The number of hydrogen-bond acceptors (Lipinski definition) is 2. The average molecular weight is 172 g/mol. The molecular weight excluding hydrogens is 164 g/mol. The van der Waals surface area contributed by atoms with Crippen molar-refractivity contribution in [2.24, 2.45) is 0 Å². The molecule has 0 saturated heterocycles. The largest absolute Gasteiger partial charge is 0.308 e. The molecule has 0 unspecified atom stereocenters. The Kier molecular flexibility index (Phi) is 1.92. The van der Waals surface area contributed by atoms with Crippen molar-refractivity contribution in [3.63, 3.8) is 0 Å². The number of hydrogen-bond donors (Lipinski definition) is 0. The highest BCUT2D eigenvalue weighted by Crippen LogP contribution is 2.08. The molecule has 2 aromatic heterocycles. The van der Waals surface area contributed by atoms with E-state index in [1.54, 1.807) is 18.3 Å². The molecular formula is C10H8N2O. The maximum Gasteiger partial charge on any atom is 0.153 e. The summed E-state index contributed by atoms with van der Waals surface area (Å²) < 4.78 is 1.81. The molecule has 0 aliphatic heterocycles. The molecule has 0 atom stereocenters. The predicted molar refractivity (Wildman–Crippen MR) is 49.0 cm³/mol. The van der Waals surface area contributed by atoms with E-state index in [0.717, 1.165) is 6.29 Å². The van der Waals surface area contributed by atoms with Gasteiger partial charge in [-0.3, -0.25) is 4.79 Å². The predicted octanol–water partition coefficient (Wildman–Crippen LogP) is 1.68. The maximum atomic E-state index is 10.7. The first-order valence-corrected chi connectivity index (χ1v) is 3.95. The fourth-order valence-electron chi connectivity index (χ4n) is 1.19. The van der Waals surface area contributed by atoms with Crippen LogP contribution in [0.1, 0.15) is 10.4 Å². The van der Waals surface area contributed by atoms with Gasteiger partial charge in [0.1, 0.15) is 5.82 Å².